The summed E-state index contributed by atoms with van der Waals surface area (Å²) in [5.74, 6) is 0.219. The highest BCUT2D eigenvalue weighted by atomic mass is 16.6. The zero-order valence-corrected chi connectivity index (χ0v) is 13.8. The number of esters is 1. The Labute approximate surface area is 131 Å². The Kier molecular flexibility index (Phi) is 7.48. The number of methoxy groups -OCH3 is 1. The average Bonchev–Trinajstić information content (AvgIpc) is 2.55. The number of carbonyl (C=O) groups is 2. The maximum Gasteiger partial charge on any atom is 0.409 e. The van der Waals surface area contributed by atoms with Gasteiger partial charge < -0.3 is 24.6 Å². The first-order valence-corrected chi connectivity index (χ1v) is 7.48. The number of piperazine rings is 1. The van der Waals surface area contributed by atoms with Gasteiger partial charge in [-0.1, -0.05) is 6.92 Å². The van der Waals surface area contributed by atoms with Crippen LogP contribution in [0.2, 0.25) is 0 Å². The summed E-state index contributed by atoms with van der Waals surface area (Å²) in [7, 11) is 3.07. The van der Waals surface area contributed by atoms with Gasteiger partial charge in [0.25, 0.3) is 0 Å². The molecule has 1 atom stereocenters. The van der Waals surface area contributed by atoms with E-state index in [1.54, 1.807) is 25.8 Å². The lowest BCUT2D eigenvalue weighted by molar-refractivity contribution is -0.144. The fourth-order valence-corrected chi connectivity index (χ4v) is 2.18. The molecule has 0 aliphatic carbocycles. The van der Waals surface area contributed by atoms with Crippen LogP contribution in [0, 0.1) is 5.92 Å². The Morgan fingerprint density at radius 3 is 2.32 bits per heavy atom. The van der Waals surface area contributed by atoms with E-state index in [0.717, 1.165) is 5.96 Å². The maximum atomic E-state index is 11.7. The van der Waals surface area contributed by atoms with Crippen molar-refractivity contribution in [3.05, 3.63) is 0 Å². The van der Waals surface area contributed by atoms with Crippen LogP contribution in [0.3, 0.4) is 0 Å². The van der Waals surface area contributed by atoms with Gasteiger partial charge >= 0.3 is 12.1 Å². The van der Waals surface area contributed by atoms with Crippen molar-refractivity contribution in [1.82, 2.24) is 15.1 Å². The fraction of sp³-hybridized carbons (Fsp3) is 0.786. The summed E-state index contributed by atoms with van der Waals surface area (Å²) in [6.07, 6.45) is -0.274. The Morgan fingerprint density at radius 2 is 1.82 bits per heavy atom. The first-order chi connectivity index (χ1) is 10.5. The highest BCUT2D eigenvalue weighted by Crippen LogP contribution is 2.05. The number of nitrogens with one attached hydrogen (secondary N) is 1. The Morgan fingerprint density at radius 1 is 1.23 bits per heavy atom. The number of rotatable bonds is 4. The van der Waals surface area contributed by atoms with Crippen molar-refractivity contribution in [1.29, 1.82) is 0 Å². The van der Waals surface area contributed by atoms with Crippen molar-refractivity contribution in [2.75, 3.05) is 53.5 Å². The molecule has 1 saturated heterocycles. The zero-order chi connectivity index (χ0) is 16.5. The average molecular weight is 314 g/mol. The molecule has 1 fully saturated rings. The van der Waals surface area contributed by atoms with Crippen LogP contribution in [0.5, 0.6) is 0 Å². The third-order valence-electron chi connectivity index (χ3n) is 3.49. The molecule has 126 valence electrons. The van der Waals surface area contributed by atoms with Crippen LogP contribution in [0.1, 0.15) is 13.8 Å². The van der Waals surface area contributed by atoms with Gasteiger partial charge in [0.2, 0.25) is 0 Å². The van der Waals surface area contributed by atoms with Gasteiger partial charge in [0, 0.05) is 39.8 Å². The van der Waals surface area contributed by atoms with Crippen molar-refractivity contribution in [3.63, 3.8) is 0 Å². The van der Waals surface area contributed by atoms with Crippen molar-refractivity contribution >= 4 is 18.0 Å². The van der Waals surface area contributed by atoms with E-state index in [4.69, 9.17) is 9.47 Å². The molecule has 0 radical (unpaired) electrons. The number of guanidine groups is 1. The van der Waals surface area contributed by atoms with Gasteiger partial charge in [-0.3, -0.25) is 9.79 Å². The molecule has 0 saturated carbocycles. The van der Waals surface area contributed by atoms with Crippen LogP contribution in [0.4, 0.5) is 4.79 Å². The molecule has 0 spiro atoms. The summed E-state index contributed by atoms with van der Waals surface area (Å²) in [5.41, 5.74) is 0. The Hall–Kier alpha value is -1.99. The van der Waals surface area contributed by atoms with Gasteiger partial charge in [-0.15, -0.1) is 0 Å². The van der Waals surface area contributed by atoms with Crippen LogP contribution < -0.4 is 5.32 Å². The lowest BCUT2D eigenvalue weighted by Gasteiger charge is -2.36. The first-order valence-electron chi connectivity index (χ1n) is 7.48. The summed E-state index contributed by atoms with van der Waals surface area (Å²) in [6, 6.07) is 0. The molecule has 0 aromatic rings. The molecular formula is C14H26N4O4. The van der Waals surface area contributed by atoms with Gasteiger partial charge in [-0.25, -0.2) is 4.79 Å². The molecule has 0 aromatic carbocycles. The number of aliphatic imine (C=N–C) groups is 1. The molecule has 1 rings (SSSR count). The number of carbonyl (C=O) groups excluding carboxylic acids is 2. The summed E-state index contributed by atoms with van der Waals surface area (Å²) < 4.78 is 9.69. The number of hydrogen-bond acceptors (Lipinski definition) is 5. The Bertz CT molecular complexity index is 406. The third kappa shape index (κ3) is 5.09. The second-order valence-corrected chi connectivity index (χ2v) is 5.03. The third-order valence-corrected chi connectivity index (χ3v) is 3.49. The van der Waals surface area contributed by atoms with Crippen LogP contribution in [-0.2, 0) is 14.3 Å². The number of amides is 1. The molecule has 1 heterocycles. The van der Waals surface area contributed by atoms with E-state index < -0.39 is 0 Å². The van der Waals surface area contributed by atoms with Crippen molar-refractivity contribution in [2.45, 2.75) is 13.8 Å². The molecule has 8 heteroatoms. The first kappa shape index (κ1) is 18.1. The van der Waals surface area contributed by atoms with Crippen LogP contribution in [0.15, 0.2) is 4.99 Å². The summed E-state index contributed by atoms with van der Waals surface area (Å²) in [5, 5.41) is 3.16. The minimum atomic E-state index is -0.274. The predicted octanol–water partition coefficient (Wildman–Crippen LogP) is 0.145. The second kappa shape index (κ2) is 9.11. The van der Waals surface area contributed by atoms with E-state index in [1.807, 2.05) is 0 Å². The highest BCUT2D eigenvalue weighted by Gasteiger charge is 2.24. The summed E-state index contributed by atoms with van der Waals surface area (Å²) in [6.45, 7) is 6.95. The van der Waals surface area contributed by atoms with Crippen molar-refractivity contribution in [3.8, 4) is 0 Å². The maximum absolute atomic E-state index is 11.7. The van der Waals surface area contributed by atoms with Crippen LogP contribution in [0.25, 0.3) is 0 Å². The second-order valence-electron chi connectivity index (χ2n) is 5.03. The lowest BCUT2D eigenvalue weighted by atomic mass is 10.2. The number of hydrogen-bond donors (Lipinski definition) is 1. The van der Waals surface area contributed by atoms with Crippen LogP contribution in [-0.4, -0.2) is 81.3 Å². The van der Waals surface area contributed by atoms with E-state index in [9.17, 15) is 9.59 Å². The van der Waals surface area contributed by atoms with Gasteiger partial charge in [0.1, 0.15) is 0 Å². The van der Waals surface area contributed by atoms with Crippen molar-refractivity contribution in [2.24, 2.45) is 10.9 Å². The largest absolute Gasteiger partial charge is 0.469 e. The molecular weight excluding hydrogens is 288 g/mol. The van der Waals surface area contributed by atoms with E-state index in [1.165, 1.54) is 7.11 Å². The monoisotopic (exact) mass is 314 g/mol. The molecule has 0 bridgehead atoms. The zero-order valence-electron chi connectivity index (χ0n) is 13.8. The van der Waals surface area contributed by atoms with Crippen molar-refractivity contribution < 1.29 is 19.1 Å². The van der Waals surface area contributed by atoms with E-state index >= 15 is 0 Å². The van der Waals surface area contributed by atoms with Crippen LogP contribution >= 0.6 is 0 Å². The van der Waals surface area contributed by atoms with E-state index in [-0.39, 0.29) is 18.0 Å². The van der Waals surface area contributed by atoms with Gasteiger partial charge in [-0.05, 0) is 6.92 Å². The normalized spacial score (nSPS) is 17.0. The van der Waals surface area contributed by atoms with Gasteiger partial charge in [0.15, 0.2) is 5.96 Å². The molecule has 1 aliphatic rings. The van der Waals surface area contributed by atoms with E-state index in [0.29, 0.717) is 39.3 Å². The van der Waals surface area contributed by atoms with Gasteiger partial charge in [0.05, 0.1) is 19.6 Å². The molecule has 0 aromatic heterocycles. The van der Waals surface area contributed by atoms with E-state index in [2.05, 4.69) is 15.2 Å². The molecule has 1 aliphatic heterocycles. The predicted molar refractivity (Wildman–Crippen MR) is 82.7 cm³/mol. The Balaban J connectivity index is 2.44. The molecule has 1 amide bonds. The molecule has 1 N–H and O–H groups in total. The topological polar surface area (TPSA) is 83.5 Å². The quantitative estimate of drug-likeness (QED) is 0.452. The molecule has 8 nitrogen and oxygen atoms in total. The smallest absolute Gasteiger partial charge is 0.409 e. The lowest BCUT2D eigenvalue weighted by Crippen LogP contribution is -2.54. The number of nitrogens with zero attached hydrogens (tertiary/aromatic N) is 3. The minimum Gasteiger partial charge on any atom is -0.469 e. The number of ether oxygens (including phenoxy) is 2. The minimum absolute atomic E-state index is 0.248. The standard InChI is InChI=1S/C14H26N4O4/c1-5-22-14(20)18-8-6-17(7-9-18)13(15-3)16-10-11(2)12(19)21-4/h11H,5-10H2,1-4H3,(H,15,16). The summed E-state index contributed by atoms with van der Waals surface area (Å²) in [4.78, 5) is 31.0. The fourth-order valence-electron chi connectivity index (χ4n) is 2.18. The summed E-state index contributed by atoms with van der Waals surface area (Å²) >= 11 is 0. The SMILES string of the molecule is CCOC(=O)N1CCN(C(=NC)NCC(C)C(=O)OC)CC1. The molecule has 22 heavy (non-hydrogen) atoms. The molecule has 1 unspecified atom stereocenters. The highest BCUT2D eigenvalue weighted by molar-refractivity contribution is 5.81. The van der Waals surface area contributed by atoms with Gasteiger partial charge in [-0.2, -0.15) is 0 Å².